The van der Waals surface area contributed by atoms with Crippen LogP contribution in [0.1, 0.15) is 27.0 Å². The summed E-state index contributed by atoms with van der Waals surface area (Å²) in [6, 6.07) is 7.89. The summed E-state index contributed by atoms with van der Waals surface area (Å²) in [7, 11) is 0. The van der Waals surface area contributed by atoms with Crippen LogP contribution in [0.3, 0.4) is 0 Å². The highest BCUT2D eigenvalue weighted by atomic mass is 79.9. The Morgan fingerprint density at radius 3 is 2.53 bits per heavy atom. The zero-order valence-electron chi connectivity index (χ0n) is 10.4. The lowest BCUT2D eigenvalue weighted by Gasteiger charge is -2.10. The molecule has 0 aliphatic rings. The molecule has 0 atom stereocenters. The van der Waals surface area contributed by atoms with Crippen LogP contribution in [0.2, 0.25) is 5.02 Å². The molecule has 0 aliphatic carbocycles. The van der Waals surface area contributed by atoms with Gasteiger partial charge in [0.1, 0.15) is 5.82 Å². The summed E-state index contributed by atoms with van der Waals surface area (Å²) < 4.78 is 14.3. The molecular weight excluding hydrogens is 331 g/mol. The van der Waals surface area contributed by atoms with Gasteiger partial charge in [-0.25, -0.2) is 4.39 Å². The largest absolute Gasteiger partial charge is 0.288 e. The predicted octanol–water partition coefficient (Wildman–Crippen LogP) is 5.09. The van der Waals surface area contributed by atoms with Gasteiger partial charge in [0.05, 0.1) is 5.56 Å². The molecule has 2 aromatic carbocycles. The molecule has 0 N–H and O–H groups in total. The van der Waals surface area contributed by atoms with E-state index in [0.717, 1.165) is 11.1 Å². The minimum Gasteiger partial charge on any atom is -0.288 e. The fourth-order valence-corrected chi connectivity index (χ4v) is 2.62. The average molecular weight is 342 g/mol. The van der Waals surface area contributed by atoms with E-state index in [1.807, 2.05) is 6.92 Å². The van der Waals surface area contributed by atoms with Gasteiger partial charge in [0.25, 0.3) is 0 Å². The fourth-order valence-electron chi connectivity index (χ4n) is 1.87. The van der Waals surface area contributed by atoms with Crippen LogP contribution in [-0.4, -0.2) is 5.78 Å². The Labute approximate surface area is 124 Å². The van der Waals surface area contributed by atoms with Crippen molar-refractivity contribution in [1.29, 1.82) is 0 Å². The van der Waals surface area contributed by atoms with Crippen LogP contribution in [0.4, 0.5) is 4.39 Å². The molecule has 0 unspecified atom stereocenters. The second-order valence-corrected chi connectivity index (χ2v) is 5.60. The maximum absolute atomic E-state index is 13.8. The summed E-state index contributed by atoms with van der Waals surface area (Å²) in [6.45, 7) is 3.60. The summed E-state index contributed by atoms with van der Waals surface area (Å²) in [5.41, 5.74) is 2.04. The number of hydrogen-bond acceptors (Lipinski definition) is 1. The number of hydrogen-bond donors (Lipinski definition) is 0. The molecule has 0 heterocycles. The van der Waals surface area contributed by atoms with Gasteiger partial charge >= 0.3 is 0 Å². The van der Waals surface area contributed by atoms with Crippen LogP contribution in [0, 0.1) is 19.7 Å². The van der Waals surface area contributed by atoms with Crippen molar-refractivity contribution in [3.63, 3.8) is 0 Å². The first-order valence-electron chi connectivity index (χ1n) is 5.67. The number of rotatable bonds is 2. The molecule has 0 saturated heterocycles. The minimum absolute atomic E-state index is 0.0484. The molecule has 98 valence electrons. The average Bonchev–Trinajstić information content (AvgIpc) is 2.33. The molecule has 0 bridgehead atoms. The third-order valence-corrected chi connectivity index (χ3v) is 4.01. The quantitative estimate of drug-likeness (QED) is 0.695. The van der Waals surface area contributed by atoms with Gasteiger partial charge in [0, 0.05) is 15.1 Å². The summed E-state index contributed by atoms with van der Waals surface area (Å²) in [5.74, 6) is -0.881. The van der Waals surface area contributed by atoms with Crippen LogP contribution < -0.4 is 0 Å². The normalized spacial score (nSPS) is 10.6. The number of benzene rings is 2. The third kappa shape index (κ3) is 2.72. The van der Waals surface area contributed by atoms with Gasteiger partial charge < -0.3 is 0 Å². The Bertz CT molecular complexity index is 647. The highest BCUT2D eigenvalue weighted by Crippen LogP contribution is 2.27. The molecule has 2 aromatic rings. The summed E-state index contributed by atoms with van der Waals surface area (Å²) in [5, 5.41) is 0.599. The van der Waals surface area contributed by atoms with Crippen molar-refractivity contribution in [2.24, 2.45) is 0 Å². The molecule has 0 aromatic heterocycles. The summed E-state index contributed by atoms with van der Waals surface area (Å²) >= 11 is 9.22. The van der Waals surface area contributed by atoms with Gasteiger partial charge in [-0.15, -0.1) is 0 Å². The topological polar surface area (TPSA) is 17.1 Å². The van der Waals surface area contributed by atoms with Gasteiger partial charge in [-0.1, -0.05) is 17.7 Å². The zero-order valence-corrected chi connectivity index (χ0v) is 12.8. The molecule has 2 rings (SSSR count). The van der Waals surface area contributed by atoms with E-state index in [1.165, 1.54) is 6.07 Å². The smallest absolute Gasteiger partial charge is 0.197 e. The van der Waals surface area contributed by atoms with Crippen molar-refractivity contribution in [2.75, 3.05) is 0 Å². The van der Waals surface area contributed by atoms with E-state index in [0.29, 0.717) is 15.1 Å². The molecule has 0 spiro atoms. The Kier molecular flexibility index (Phi) is 4.07. The highest BCUT2D eigenvalue weighted by molar-refractivity contribution is 9.10. The highest BCUT2D eigenvalue weighted by Gasteiger charge is 2.19. The van der Waals surface area contributed by atoms with Crippen molar-refractivity contribution < 1.29 is 9.18 Å². The van der Waals surface area contributed by atoms with Crippen LogP contribution in [-0.2, 0) is 0 Å². The van der Waals surface area contributed by atoms with Crippen molar-refractivity contribution in [2.45, 2.75) is 13.8 Å². The van der Waals surface area contributed by atoms with Crippen LogP contribution >= 0.6 is 27.5 Å². The van der Waals surface area contributed by atoms with Crippen LogP contribution in [0.15, 0.2) is 34.8 Å². The van der Waals surface area contributed by atoms with Gasteiger partial charge in [0.2, 0.25) is 0 Å². The van der Waals surface area contributed by atoms with Crippen molar-refractivity contribution in [1.82, 2.24) is 0 Å². The van der Waals surface area contributed by atoms with E-state index >= 15 is 0 Å². The Balaban J connectivity index is 2.60. The number of ketones is 1. The van der Waals surface area contributed by atoms with Crippen molar-refractivity contribution >= 4 is 33.3 Å². The number of halogens is 3. The van der Waals surface area contributed by atoms with Gasteiger partial charge in [-0.3, -0.25) is 4.79 Å². The lowest BCUT2D eigenvalue weighted by Crippen LogP contribution is -2.08. The second-order valence-electron chi connectivity index (χ2n) is 4.34. The second kappa shape index (κ2) is 5.43. The van der Waals surface area contributed by atoms with Gasteiger partial charge in [-0.05, 0) is 65.2 Å². The molecular formula is C15H11BrClFO. The molecule has 0 radical (unpaired) electrons. The number of carbonyl (C=O) groups is 1. The van der Waals surface area contributed by atoms with E-state index in [1.54, 1.807) is 31.2 Å². The lowest BCUT2D eigenvalue weighted by atomic mass is 9.97. The Hall–Kier alpha value is -1.19. The van der Waals surface area contributed by atoms with Crippen molar-refractivity contribution in [3.05, 3.63) is 67.9 Å². The fraction of sp³-hybridized carbons (Fsp3) is 0.133. The maximum atomic E-state index is 13.8. The van der Waals surface area contributed by atoms with E-state index < -0.39 is 5.82 Å². The third-order valence-electron chi connectivity index (χ3n) is 2.94. The van der Waals surface area contributed by atoms with Crippen molar-refractivity contribution in [3.8, 4) is 0 Å². The lowest BCUT2D eigenvalue weighted by molar-refractivity contribution is 0.103. The van der Waals surface area contributed by atoms with E-state index in [9.17, 15) is 9.18 Å². The maximum Gasteiger partial charge on any atom is 0.197 e. The zero-order chi connectivity index (χ0) is 14.2. The molecule has 0 amide bonds. The standard InChI is InChI=1S/C15H11BrClFO/c1-8-7-12(17)9(2)6-10(8)15(19)14-11(16)4-3-5-13(14)18/h3-7H,1-2H3. The SMILES string of the molecule is Cc1cc(C(=O)c2c(F)cccc2Br)c(C)cc1Cl. The Morgan fingerprint density at radius 2 is 1.89 bits per heavy atom. The first-order chi connectivity index (χ1) is 8.91. The first kappa shape index (κ1) is 14.2. The first-order valence-corrected chi connectivity index (χ1v) is 6.84. The monoisotopic (exact) mass is 340 g/mol. The molecule has 0 saturated carbocycles. The molecule has 19 heavy (non-hydrogen) atoms. The molecule has 1 nitrogen and oxygen atoms in total. The van der Waals surface area contributed by atoms with Gasteiger partial charge in [0.15, 0.2) is 5.78 Å². The van der Waals surface area contributed by atoms with E-state index in [4.69, 9.17) is 11.6 Å². The van der Waals surface area contributed by atoms with Crippen LogP contribution in [0.5, 0.6) is 0 Å². The van der Waals surface area contributed by atoms with E-state index in [2.05, 4.69) is 15.9 Å². The molecule has 0 aliphatic heterocycles. The molecule has 0 fully saturated rings. The molecule has 4 heteroatoms. The van der Waals surface area contributed by atoms with Gasteiger partial charge in [-0.2, -0.15) is 0 Å². The summed E-state index contributed by atoms with van der Waals surface area (Å²) in [4.78, 5) is 12.5. The number of aryl methyl sites for hydroxylation is 2. The number of carbonyl (C=O) groups excluding carboxylic acids is 1. The van der Waals surface area contributed by atoms with E-state index in [-0.39, 0.29) is 11.3 Å². The Morgan fingerprint density at radius 1 is 1.21 bits per heavy atom. The minimum atomic E-state index is -0.536. The predicted molar refractivity (Wildman–Crippen MR) is 78.5 cm³/mol. The summed E-state index contributed by atoms with van der Waals surface area (Å²) in [6.07, 6.45) is 0. The van der Waals surface area contributed by atoms with Crippen LogP contribution in [0.25, 0.3) is 0 Å².